The number of amides is 1. The number of pyridine rings is 1. The molecule has 6 heteroatoms. The molecule has 1 fully saturated rings. The van der Waals surface area contributed by atoms with Crippen LogP contribution in [0, 0.1) is 5.92 Å². The Morgan fingerprint density at radius 3 is 2.89 bits per heavy atom. The van der Waals surface area contributed by atoms with Gasteiger partial charge in [-0.1, -0.05) is 0 Å². The molecule has 2 rings (SSSR count). The molecule has 0 radical (unpaired) electrons. The number of carbonyl (C=O) groups is 1. The summed E-state index contributed by atoms with van der Waals surface area (Å²) in [6.45, 7) is 2.40. The summed E-state index contributed by atoms with van der Waals surface area (Å²) in [6, 6.07) is 3.62. The molecule has 1 saturated heterocycles. The second-order valence-electron chi connectivity index (χ2n) is 4.58. The molecule has 2 N–H and O–H groups in total. The maximum atomic E-state index is 12.2. The molecule has 1 aliphatic heterocycles. The van der Waals surface area contributed by atoms with E-state index >= 15 is 0 Å². The summed E-state index contributed by atoms with van der Waals surface area (Å²) >= 11 is 0. The topological polar surface area (TPSA) is 59.2 Å². The van der Waals surface area contributed by atoms with E-state index in [9.17, 15) is 4.79 Å². The number of halogens is 2. The van der Waals surface area contributed by atoms with Crippen LogP contribution in [0.1, 0.15) is 29.6 Å². The minimum absolute atomic E-state index is 0. The lowest BCUT2D eigenvalue weighted by molar-refractivity contribution is 0.0669. The molecule has 1 aliphatic rings. The van der Waals surface area contributed by atoms with E-state index in [-0.39, 0.29) is 30.7 Å². The number of aromatic nitrogens is 1. The Kier molecular flexibility index (Phi) is 8.72. The summed E-state index contributed by atoms with van der Waals surface area (Å²) in [5.74, 6) is 0.661. The van der Waals surface area contributed by atoms with Crippen molar-refractivity contribution < 1.29 is 4.79 Å². The number of hydrogen-bond donors (Lipinski definition) is 1. The van der Waals surface area contributed by atoms with E-state index in [0.717, 1.165) is 25.9 Å². The number of nitrogens with two attached hydrogens (primary N) is 1. The van der Waals surface area contributed by atoms with Crippen LogP contribution >= 0.6 is 24.8 Å². The molecule has 0 spiro atoms. The van der Waals surface area contributed by atoms with Crippen molar-refractivity contribution in [2.45, 2.75) is 19.3 Å². The third kappa shape index (κ3) is 4.97. The number of carbonyl (C=O) groups excluding carboxylic acids is 1. The standard InChI is InChI=1S/C13H19N3O.2ClH/c14-6-5-11-3-2-8-16(10-11)13(17)12-4-1-7-15-9-12;;/h1,4,7,9,11H,2-3,5-6,8,10,14H2;2*1H. The molecule has 1 unspecified atom stereocenters. The monoisotopic (exact) mass is 305 g/mol. The summed E-state index contributed by atoms with van der Waals surface area (Å²) in [4.78, 5) is 18.1. The highest BCUT2D eigenvalue weighted by atomic mass is 35.5. The van der Waals surface area contributed by atoms with Crippen molar-refractivity contribution in [3.8, 4) is 0 Å². The normalized spacial score (nSPS) is 18.2. The van der Waals surface area contributed by atoms with E-state index in [2.05, 4.69) is 4.98 Å². The van der Waals surface area contributed by atoms with Crippen molar-refractivity contribution >= 4 is 30.7 Å². The summed E-state index contributed by atoms with van der Waals surface area (Å²) in [6.07, 6.45) is 6.60. The minimum Gasteiger partial charge on any atom is -0.338 e. The van der Waals surface area contributed by atoms with Gasteiger partial charge in [0, 0.05) is 25.5 Å². The first-order chi connectivity index (χ1) is 8.31. The maximum Gasteiger partial charge on any atom is 0.255 e. The fourth-order valence-electron chi connectivity index (χ4n) is 2.39. The Labute approximate surface area is 126 Å². The van der Waals surface area contributed by atoms with Crippen molar-refractivity contribution in [2.75, 3.05) is 19.6 Å². The Balaban J connectivity index is 0.00000162. The second kappa shape index (κ2) is 9.13. The van der Waals surface area contributed by atoms with Crippen molar-refractivity contribution in [1.82, 2.24) is 9.88 Å². The van der Waals surface area contributed by atoms with E-state index in [0.29, 0.717) is 18.0 Å². The van der Waals surface area contributed by atoms with Gasteiger partial charge in [-0.2, -0.15) is 0 Å². The fourth-order valence-corrected chi connectivity index (χ4v) is 2.39. The van der Waals surface area contributed by atoms with Gasteiger partial charge in [-0.15, -0.1) is 24.8 Å². The van der Waals surface area contributed by atoms with Crippen LogP contribution in [0.3, 0.4) is 0 Å². The number of hydrogen-bond acceptors (Lipinski definition) is 3. The molecule has 0 saturated carbocycles. The fraction of sp³-hybridized carbons (Fsp3) is 0.538. The highest BCUT2D eigenvalue weighted by Crippen LogP contribution is 2.20. The summed E-state index contributed by atoms with van der Waals surface area (Å²) < 4.78 is 0. The van der Waals surface area contributed by atoms with E-state index in [4.69, 9.17) is 5.73 Å². The first-order valence-corrected chi connectivity index (χ1v) is 6.20. The first kappa shape index (κ1) is 18.2. The number of nitrogens with zero attached hydrogens (tertiary/aromatic N) is 2. The van der Waals surface area contributed by atoms with E-state index in [1.54, 1.807) is 18.5 Å². The maximum absolute atomic E-state index is 12.2. The Morgan fingerprint density at radius 1 is 1.47 bits per heavy atom. The van der Waals surface area contributed by atoms with Crippen molar-refractivity contribution in [3.05, 3.63) is 30.1 Å². The quantitative estimate of drug-likeness (QED) is 0.930. The molecule has 0 bridgehead atoms. The molecule has 1 aromatic rings. The Bertz CT molecular complexity index is 373. The van der Waals surface area contributed by atoms with Crippen LogP contribution in [0.4, 0.5) is 0 Å². The molecule has 19 heavy (non-hydrogen) atoms. The Hall–Kier alpha value is -0.840. The number of rotatable bonds is 3. The molecule has 1 amide bonds. The Morgan fingerprint density at radius 2 is 2.26 bits per heavy atom. The van der Waals surface area contributed by atoms with Crippen molar-refractivity contribution in [3.63, 3.8) is 0 Å². The predicted octanol–water partition coefficient (Wildman–Crippen LogP) is 2.13. The van der Waals surface area contributed by atoms with Crippen LogP contribution in [-0.2, 0) is 0 Å². The largest absolute Gasteiger partial charge is 0.338 e. The summed E-state index contributed by atoms with van der Waals surface area (Å²) in [5.41, 5.74) is 6.26. The van der Waals surface area contributed by atoms with Gasteiger partial charge < -0.3 is 10.6 Å². The lowest BCUT2D eigenvalue weighted by atomic mass is 9.94. The number of likely N-dealkylation sites (tertiary alicyclic amines) is 1. The zero-order valence-corrected chi connectivity index (χ0v) is 12.5. The molecular weight excluding hydrogens is 285 g/mol. The third-order valence-electron chi connectivity index (χ3n) is 3.29. The molecular formula is C13H21Cl2N3O. The summed E-state index contributed by atoms with van der Waals surface area (Å²) in [7, 11) is 0. The van der Waals surface area contributed by atoms with Crippen LogP contribution < -0.4 is 5.73 Å². The van der Waals surface area contributed by atoms with Crippen LogP contribution in [0.5, 0.6) is 0 Å². The third-order valence-corrected chi connectivity index (χ3v) is 3.29. The lowest BCUT2D eigenvalue weighted by Crippen LogP contribution is -2.40. The van der Waals surface area contributed by atoms with Gasteiger partial charge in [-0.05, 0) is 43.9 Å². The van der Waals surface area contributed by atoms with E-state index in [1.807, 2.05) is 11.0 Å². The van der Waals surface area contributed by atoms with Gasteiger partial charge >= 0.3 is 0 Å². The first-order valence-electron chi connectivity index (χ1n) is 6.20. The second-order valence-corrected chi connectivity index (χ2v) is 4.58. The molecule has 4 nitrogen and oxygen atoms in total. The van der Waals surface area contributed by atoms with Crippen LogP contribution in [0.25, 0.3) is 0 Å². The van der Waals surface area contributed by atoms with Gasteiger partial charge in [-0.25, -0.2) is 0 Å². The average molecular weight is 306 g/mol. The average Bonchev–Trinajstić information content (AvgIpc) is 2.40. The van der Waals surface area contributed by atoms with Gasteiger partial charge in [0.2, 0.25) is 0 Å². The van der Waals surface area contributed by atoms with Crippen molar-refractivity contribution in [1.29, 1.82) is 0 Å². The summed E-state index contributed by atoms with van der Waals surface area (Å²) in [5, 5.41) is 0. The number of piperidine rings is 1. The molecule has 108 valence electrons. The van der Waals surface area contributed by atoms with Crippen LogP contribution in [0.2, 0.25) is 0 Å². The minimum atomic E-state index is 0. The van der Waals surface area contributed by atoms with Crippen LogP contribution in [0.15, 0.2) is 24.5 Å². The molecule has 2 heterocycles. The van der Waals surface area contributed by atoms with Gasteiger partial charge in [-0.3, -0.25) is 9.78 Å². The smallest absolute Gasteiger partial charge is 0.255 e. The lowest BCUT2D eigenvalue weighted by Gasteiger charge is -2.32. The van der Waals surface area contributed by atoms with E-state index in [1.165, 1.54) is 6.42 Å². The zero-order chi connectivity index (χ0) is 12.1. The molecule has 0 aliphatic carbocycles. The van der Waals surface area contributed by atoms with Gasteiger partial charge in [0.05, 0.1) is 5.56 Å². The molecule has 0 aromatic carbocycles. The van der Waals surface area contributed by atoms with Crippen LogP contribution in [-0.4, -0.2) is 35.4 Å². The van der Waals surface area contributed by atoms with Gasteiger partial charge in [0.25, 0.3) is 5.91 Å². The highest BCUT2D eigenvalue weighted by Gasteiger charge is 2.23. The van der Waals surface area contributed by atoms with Gasteiger partial charge in [0.15, 0.2) is 0 Å². The van der Waals surface area contributed by atoms with Gasteiger partial charge in [0.1, 0.15) is 0 Å². The molecule has 1 atom stereocenters. The van der Waals surface area contributed by atoms with Crippen molar-refractivity contribution in [2.24, 2.45) is 11.7 Å². The van der Waals surface area contributed by atoms with E-state index < -0.39 is 0 Å². The SMILES string of the molecule is Cl.Cl.NCCC1CCCN(C(=O)c2cccnc2)C1. The molecule has 1 aromatic heterocycles. The predicted molar refractivity (Wildman–Crippen MR) is 81.0 cm³/mol. The zero-order valence-electron chi connectivity index (χ0n) is 10.8. The highest BCUT2D eigenvalue weighted by molar-refractivity contribution is 5.93.